The molecule has 0 aromatic heterocycles. The van der Waals surface area contributed by atoms with E-state index in [2.05, 4.69) is 15.9 Å². The molecule has 0 fully saturated rings. The SMILES string of the molecule is Cc1cccc(CBr)c1C(F)(F)F.Cc1cccc(Cl)c1C(F)(F)F. The summed E-state index contributed by atoms with van der Waals surface area (Å²) in [4.78, 5) is 0. The van der Waals surface area contributed by atoms with E-state index in [4.69, 9.17) is 11.6 Å². The fourth-order valence-corrected chi connectivity index (χ4v) is 3.03. The third-order valence-electron chi connectivity index (χ3n) is 3.29. The number of hydrogen-bond acceptors (Lipinski definition) is 0. The quantitative estimate of drug-likeness (QED) is 0.312. The zero-order chi connectivity index (χ0) is 19.4. The molecule has 0 radical (unpaired) electrons. The molecule has 0 unspecified atom stereocenters. The Hall–Kier alpha value is -1.21. The van der Waals surface area contributed by atoms with Crippen molar-refractivity contribution in [1.29, 1.82) is 0 Å². The molecule has 0 aliphatic heterocycles. The van der Waals surface area contributed by atoms with Gasteiger partial charge in [0.2, 0.25) is 0 Å². The molecule has 138 valence electrons. The van der Waals surface area contributed by atoms with E-state index in [1.807, 2.05) is 0 Å². The van der Waals surface area contributed by atoms with Gasteiger partial charge in [-0.1, -0.05) is 57.9 Å². The largest absolute Gasteiger partial charge is 0.418 e. The van der Waals surface area contributed by atoms with E-state index < -0.39 is 23.5 Å². The van der Waals surface area contributed by atoms with Gasteiger partial charge in [0.15, 0.2) is 0 Å². The third kappa shape index (κ3) is 5.92. The minimum absolute atomic E-state index is 0.148. The highest BCUT2D eigenvalue weighted by Gasteiger charge is 2.35. The molecule has 0 spiro atoms. The van der Waals surface area contributed by atoms with Gasteiger partial charge in [-0.2, -0.15) is 26.3 Å². The molecule has 0 saturated heterocycles. The van der Waals surface area contributed by atoms with Gasteiger partial charge in [-0.3, -0.25) is 0 Å². The highest BCUT2D eigenvalue weighted by Crippen LogP contribution is 2.37. The molecule has 0 atom stereocenters. The number of alkyl halides is 7. The van der Waals surface area contributed by atoms with Crippen LogP contribution >= 0.6 is 27.5 Å². The van der Waals surface area contributed by atoms with Crippen molar-refractivity contribution in [2.75, 3.05) is 0 Å². The second-order valence-electron chi connectivity index (χ2n) is 5.17. The van der Waals surface area contributed by atoms with Crippen molar-refractivity contribution < 1.29 is 26.3 Å². The van der Waals surface area contributed by atoms with Gasteiger partial charge in [-0.25, -0.2) is 0 Å². The molecule has 0 heterocycles. The van der Waals surface area contributed by atoms with Gasteiger partial charge in [-0.05, 0) is 36.6 Å². The summed E-state index contributed by atoms with van der Waals surface area (Å²) >= 11 is 8.43. The molecule has 0 amide bonds. The Labute approximate surface area is 154 Å². The van der Waals surface area contributed by atoms with Gasteiger partial charge in [0.25, 0.3) is 0 Å². The molecule has 2 rings (SSSR count). The molecule has 0 saturated carbocycles. The molecule has 0 nitrogen and oxygen atoms in total. The van der Waals surface area contributed by atoms with Crippen molar-refractivity contribution in [3.05, 3.63) is 69.2 Å². The summed E-state index contributed by atoms with van der Waals surface area (Å²) in [5.41, 5.74) is -0.564. The topological polar surface area (TPSA) is 0 Å². The van der Waals surface area contributed by atoms with E-state index in [1.54, 1.807) is 6.07 Å². The van der Waals surface area contributed by atoms with Gasteiger partial charge in [0, 0.05) is 5.33 Å². The Morgan fingerprint density at radius 3 is 1.56 bits per heavy atom. The fraction of sp³-hybridized carbons (Fsp3) is 0.294. The first-order valence-corrected chi connectivity index (χ1v) is 8.43. The fourth-order valence-electron chi connectivity index (χ4n) is 2.24. The van der Waals surface area contributed by atoms with Crippen LogP contribution in [0.1, 0.15) is 27.8 Å². The summed E-state index contributed by atoms with van der Waals surface area (Å²) in [7, 11) is 0. The van der Waals surface area contributed by atoms with Crippen LogP contribution in [-0.4, -0.2) is 0 Å². The summed E-state index contributed by atoms with van der Waals surface area (Å²) < 4.78 is 74.1. The van der Waals surface area contributed by atoms with Gasteiger partial charge in [0.1, 0.15) is 0 Å². The van der Waals surface area contributed by atoms with E-state index in [1.165, 1.54) is 44.2 Å². The minimum atomic E-state index is -4.36. The van der Waals surface area contributed by atoms with Crippen LogP contribution in [0.3, 0.4) is 0 Å². The van der Waals surface area contributed by atoms with Crippen LogP contribution in [0.25, 0.3) is 0 Å². The molecule has 0 aliphatic carbocycles. The summed E-state index contributed by atoms with van der Waals surface area (Å²) in [6, 6.07) is 8.68. The first-order chi connectivity index (χ1) is 11.4. The van der Waals surface area contributed by atoms with Crippen molar-refractivity contribution >= 4 is 27.5 Å². The van der Waals surface area contributed by atoms with Gasteiger partial charge in [0.05, 0.1) is 16.1 Å². The second kappa shape index (κ2) is 8.45. The van der Waals surface area contributed by atoms with E-state index in [0.29, 0.717) is 0 Å². The summed E-state index contributed by atoms with van der Waals surface area (Å²) in [6.45, 7) is 2.85. The molecular weight excluding hydrogens is 434 g/mol. The lowest BCUT2D eigenvalue weighted by atomic mass is 10.0. The van der Waals surface area contributed by atoms with Crippen LogP contribution < -0.4 is 0 Å². The van der Waals surface area contributed by atoms with Crippen LogP contribution in [0.2, 0.25) is 5.02 Å². The number of aryl methyl sites for hydroxylation is 2. The maximum Gasteiger partial charge on any atom is 0.418 e. The Kier molecular flexibility index (Phi) is 7.38. The highest BCUT2D eigenvalue weighted by molar-refractivity contribution is 9.08. The average molecular weight is 448 g/mol. The van der Waals surface area contributed by atoms with Gasteiger partial charge in [-0.15, -0.1) is 0 Å². The first kappa shape index (κ1) is 21.8. The number of benzene rings is 2. The lowest BCUT2D eigenvalue weighted by Crippen LogP contribution is -2.10. The third-order valence-corrected chi connectivity index (χ3v) is 4.21. The molecule has 25 heavy (non-hydrogen) atoms. The summed E-state index contributed by atoms with van der Waals surface area (Å²) in [5.74, 6) is 0. The van der Waals surface area contributed by atoms with Crippen molar-refractivity contribution in [2.24, 2.45) is 0 Å². The molecule has 2 aromatic rings. The zero-order valence-electron chi connectivity index (χ0n) is 13.2. The minimum Gasteiger partial charge on any atom is -0.166 e. The first-order valence-electron chi connectivity index (χ1n) is 6.93. The van der Waals surface area contributed by atoms with Crippen molar-refractivity contribution in [2.45, 2.75) is 31.5 Å². The predicted molar refractivity (Wildman–Crippen MR) is 90.0 cm³/mol. The van der Waals surface area contributed by atoms with Crippen LogP contribution in [0.15, 0.2) is 36.4 Å². The smallest absolute Gasteiger partial charge is 0.166 e. The van der Waals surface area contributed by atoms with E-state index in [9.17, 15) is 26.3 Å². The Bertz CT molecular complexity index is 702. The normalized spacial score (nSPS) is 11.8. The number of rotatable bonds is 1. The summed E-state index contributed by atoms with van der Waals surface area (Å²) in [6.07, 6.45) is -8.61. The maximum atomic E-state index is 12.5. The number of halogens is 8. The Balaban J connectivity index is 0.000000251. The Morgan fingerprint density at radius 1 is 0.800 bits per heavy atom. The average Bonchev–Trinajstić information content (AvgIpc) is 2.44. The Morgan fingerprint density at radius 2 is 1.24 bits per heavy atom. The molecule has 8 heteroatoms. The highest BCUT2D eigenvalue weighted by atomic mass is 79.9. The van der Waals surface area contributed by atoms with E-state index >= 15 is 0 Å². The molecule has 0 aliphatic rings. The molecule has 2 aromatic carbocycles. The van der Waals surface area contributed by atoms with Gasteiger partial charge < -0.3 is 0 Å². The van der Waals surface area contributed by atoms with Crippen LogP contribution in [0.5, 0.6) is 0 Å². The monoisotopic (exact) mass is 446 g/mol. The van der Waals surface area contributed by atoms with Crippen LogP contribution in [0.4, 0.5) is 26.3 Å². The lowest BCUT2D eigenvalue weighted by Gasteiger charge is -2.13. The van der Waals surface area contributed by atoms with Crippen molar-refractivity contribution in [3.8, 4) is 0 Å². The second-order valence-corrected chi connectivity index (χ2v) is 6.14. The van der Waals surface area contributed by atoms with Gasteiger partial charge >= 0.3 is 12.4 Å². The predicted octanol–water partition coefficient (Wildman–Crippen LogP) is 7.58. The van der Waals surface area contributed by atoms with E-state index in [0.717, 1.165) is 0 Å². The lowest BCUT2D eigenvalue weighted by molar-refractivity contribution is -0.139. The zero-order valence-corrected chi connectivity index (χ0v) is 15.5. The van der Waals surface area contributed by atoms with Crippen LogP contribution in [-0.2, 0) is 17.7 Å². The van der Waals surface area contributed by atoms with Crippen LogP contribution in [0, 0.1) is 13.8 Å². The van der Waals surface area contributed by atoms with E-state index in [-0.39, 0.29) is 27.0 Å². The maximum absolute atomic E-state index is 12.5. The molecule has 0 bridgehead atoms. The standard InChI is InChI=1S/C9H8BrF3.C8H6ClF3/c1-6-3-2-4-7(5-10)8(6)9(11,12)13;1-5-3-2-4-6(9)7(5)8(10,11)12/h2-4H,5H2,1H3;2-4H,1H3. The molecule has 0 N–H and O–H groups in total. The molecular formula is C17H14BrClF6. The summed E-state index contributed by atoms with van der Waals surface area (Å²) in [5, 5.41) is -0.0220. The van der Waals surface area contributed by atoms with Crippen molar-refractivity contribution in [3.63, 3.8) is 0 Å². The van der Waals surface area contributed by atoms with Crippen molar-refractivity contribution in [1.82, 2.24) is 0 Å². The number of hydrogen-bond donors (Lipinski definition) is 0.